The number of likely N-dealkylation sites (tertiary alicyclic amines) is 1. The summed E-state index contributed by atoms with van der Waals surface area (Å²) in [6, 6.07) is 16.2. The summed E-state index contributed by atoms with van der Waals surface area (Å²) in [6.45, 7) is 2.70. The van der Waals surface area contributed by atoms with E-state index in [4.69, 9.17) is 9.84 Å². The number of benzene rings is 3. The Labute approximate surface area is 248 Å². The molecule has 1 aliphatic heterocycles. The van der Waals surface area contributed by atoms with Gasteiger partial charge < -0.3 is 19.9 Å². The van der Waals surface area contributed by atoms with E-state index in [1.807, 2.05) is 24.3 Å². The lowest BCUT2D eigenvalue weighted by atomic mass is 9.97. The van der Waals surface area contributed by atoms with Crippen LogP contribution in [0.2, 0.25) is 0 Å². The smallest absolute Gasteiger partial charge is 0.341 e. The molecule has 2 unspecified atom stereocenters. The van der Waals surface area contributed by atoms with Gasteiger partial charge in [-0.1, -0.05) is 36.4 Å². The normalized spacial score (nSPS) is 18.6. The number of carbonyl (C=O) groups excluding carboxylic acids is 2. The highest BCUT2D eigenvalue weighted by Crippen LogP contribution is 2.39. The second-order valence-electron chi connectivity index (χ2n) is 11.1. The molecule has 8 nitrogen and oxygen atoms in total. The molecule has 2 fully saturated rings. The van der Waals surface area contributed by atoms with E-state index in [1.54, 1.807) is 6.07 Å². The number of carboxylic acids is 1. The molecule has 1 saturated heterocycles. The van der Waals surface area contributed by atoms with Gasteiger partial charge in [-0.15, -0.1) is 0 Å². The average molecular weight is 593 g/mol. The summed E-state index contributed by atoms with van der Waals surface area (Å²) >= 11 is 0. The van der Waals surface area contributed by atoms with Crippen molar-refractivity contribution < 1.29 is 37.7 Å². The highest BCUT2D eigenvalue weighted by molar-refractivity contribution is 5.97. The summed E-state index contributed by atoms with van der Waals surface area (Å²) in [5.74, 6) is -2.72. The van der Waals surface area contributed by atoms with Crippen LogP contribution in [0, 0.1) is 29.4 Å². The van der Waals surface area contributed by atoms with Crippen LogP contribution in [-0.4, -0.2) is 54.7 Å². The number of aliphatic carboxylic acids is 1. The van der Waals surface area contributed by atoms with Crippen molar-refractivity contribution in [2.45, 2.75) is 32.4 Å². The molecule has 1 amide bonds. The number of carbonyl (C=O) groups is 3. The highest BCUT2D eigenvalue weighted by atomic mass is 19.1. The van der Waals surface area contributed by atoms with Crippen molar-refractivity contribution in [3.63, 3.8) is 0 Å². The fraction of sp³-hybridized carbons (Fsp3) is 0.364. The summed E-state index contributed by atoms with van der Waals surface area (Å²) in [6.07, 6.45) is 2.03. The Balaban J connectivity index is 1.07. The Hall–Kier alpha value is -4.31. The number of amides is 1. The molecule has 1 aliphatic carbocycles. The van der Waals surface area contributed by atoms with E-state index in [0.29, 0.717) is 31.4 Å². The molecule has 1 saturated carbocycles. The number of nitrogens with one attached hydrogen (secondary N) is 1. The summed E-state index contributed by atoms with van der Waals surface area (Å²) in [7, 11) is 1.15. The summed E-state index contributed by atoms with van der Waals surface area (Å²) in [4.78, 5) is 38.1. The van der Waals surface area contributed by atoms with E-state index < -0.39 is 23.6 Å². The first kappa shape index (κ1) is 30.2. The minimum absolute atomic E-state index is 0.00250. The molecular weight excluding hydrogens is 558 g/mol. The summed E-state index contributed by atoms with van der Waals surface area (Å²) in [5.41, 5.74) is 1.67. The van der Waals surface area contributed by atoms with Crippen molar-refractivity contribution in [2.75, 3.05) is 26.8 Å². The first-order chi connectivity index (χ1) is 20.7. The summed E-state index contributed by atoms with van der Waals surface area (Å²) < 4.78 is 39.8. The van der Waals surface area contributed by atoms with Crippen LogP contribution in [0.3, 0.4) is 0 Å². The molecule has 3 aromatic carbocycles. The second kappa shape index (κ2) is 13.3. The largest absolute Gasteiger partial charge is 0.493 e. The first-order valence-electron chi connectivity index (χ1n) is 14.3. The monoisotopic (exact) mass is 592 g/mol. The molecule has 3 aromatic rings. The average Bonchev–Trinajstić information content (AvgIpc) is 3.79. The molecule has 226 valence electrons. The van der Waals surface area contributed by atoms with Gasteiger partial charge in [0.2, 0.25) is 5.91 Å². The Morgan fingerprint density at radius 2 is 1.74 bits per heavy atom. The van der Waals surface area contributed by atoms with E-state index in [-0.39, 0.29) is 46.9 Å². The molecule has 2 N–H and O–H groups in total. The number of carboxylic acid groups (broad SMARTS) is 1. The van der Waals surface area contributed by atoms with Gasteiger partial charge in [0, 0.05) is 30.5 Å². The van der Waals surface area contributed by atoms with Crippen molar-refractivity contribution in [1.29, 1.82) is 0 Å². The third-order valence-electron chi connectivity index (χ3n) is 8.21. The molecule has 1 heterocycles. The molecule has 2 atom stereocenters. The topological polar surface area (TPSA) is 105 Å². The number of hydrogen-bond donors (Lipinski definition) is 2. The predicted molar refractivity (Wildman–Crippen MR) is 154 cm³/mol. The SMILES string of the molecule is COC(=O)c1c(F)cccc1-c1ccc(CNC(=O)C2CC2COc2ccc(CN3CCC(C(=O)O)CC3)cc2)c(F)c1. The number of ether oxygens (including phenoxy) is 2. The molecule has 0 aromatic heterocycles. The lowest BCUT2D eigenvalue weighted by molar-refractivity contribution is -0.143. The zero-order valence-corrected chi connectivity index (χ0v) is 23.9. The van der Waals surface area contributed by atoms with Gasteiger partial charge in [-0.3, -0.25) is 14.5 Å². The van der Waals surface area contributed by atoms with Crippen molar-refractivity contribution in [3.05, 3.63) is 89.0 Å². The number of nitrogens with zero attached hydrogens (tertiary/aromatic N) is 1. The predicted octanol–water partition coefficient (Wildman–Crippen LogP) is 5.05. The van der Waals surface area contributed by atoms with E-state index in [2.05, 4.69) is 15.0 Å². The van der Waals surface area contributed by atoms with Crippen molar-refractivity contribution in [1.82, 2.24) is 10.2 Å². The standard InChI is InChI=1S/C33H34F2N2O6/c1-42-33(41)30-26(3-2-4-28(30)34)22-7-8-23(29(35)16-22)17-36-31(38)27-15-24(27)19-43-25-9-5-20(6-10-25)18-37-13-11-21(12-14-37)32(39)40/h2-10,16,21,24,27H,11-15,17-19H2,1H3,(H,36,38)(H,39,40). The zero-order valence-electron chi connectivity index (χ0n) is 23.9. The quantitative estimate of drug-likeness (QED) is 0.301. The van der Waals surface area contributed by atoms with Gasteiger partial charge >= 0.3 is 11.9 Å². The third-order valence-corrected chi connectivity index (χ3v) is 8.21. The maximum Gasteiger partial charge on any atom is 0.341 e. The summed E-state index contributed by atoms with van der Waals surface area (Å²) in [5, 5.41) is 11.9. The minimum atomic E-state index is -0.851. The van der Waals surface area contributed by atoms with Gasteiger partial charge in [0.25, 0.3) is 0 Å². The van der Waals surface area contributed by atoms with Crippen molar-refractivity contribution in [2.24, 2.45) is 17.8 Å². The Morgan fingerprint density at radius 1 is 1.00 bits per heavy atom. The Bertz CT molecular complexity index is 1490. The molecule has 5 rings (SSSR count). The molecule has 10 heteroatoms. The molecule has 0 radical (unpaired) electrons. The number of hydrogen-bond acceptors (Lipinski definition) is 6. The van der Waals surface area contributed by atoms with Crippen molar-refractivity contribution >= 4 is 17.8 Å². The van der Waals surface area contributed by atoms with Crippen LogP contribution in [0.5, 0.6) is 5.75 Å². The first-order valence-corrected chi connectivity index (χ1v) is 14.3. The van der Waals surface area contributed by atoms with Crippen LogP contribution in [0.4, 0.5) is 8.78 Å². The highest BCUT2D eigenvalue weighted by Gasteiger charge is 2.43. The molecule has 2 aliphatic rings. The number of piperidine rings is 1. The van der Waals surface area contributed by atoms with E-state index >= 15 is 0 Å². The van der Waals surface area contributed by atoms with Crippen LogP contribution in [0.1, 0.15) is 40.7 Å². The van der Waals surface area contributed by atoms with Crippen molar-refractivity contribution in [3.8, 4) is 16.9 Å². The van der Waals surface area contributed by atoms with Crippen LogP contribution in [0.25, 0.3) is 11.1 Å². The van der Waals surface area contributed by atoms with Gasteiger partial charge in [-0.25, -0.2) is 13.6 Å². The van der Waals surface area contributed by atoms with E-state index in [9.17, 15) is 23.2 Å². The van der Waals surface area contributed by atoms with Crippen LogP contribution in [0.15, 0.2) is 60.7 Å². The molecule has 43 heavy (non-hydrogen) atoms. The third kappa shape index (κ3) is 7.37. The number of halogens is 2. The number of esters is 1. The Morgan fingerprint density at radius 3 is 2.42 bits per heavy atom. The van der Waals surface area contributed by atoms with E-state index in [0.717, 1.165) is 44.1 Å². The molecule has 0 bridgehead atoms. The lowest BCUT2D eigenvalue weighted by Crippen LogP contribution is -2.35. The molecule has 0 spiro atoms. The number of methoxy groups -OCH3 is 1. The molecular formula is C33H34F2N2O6. The lowest BCUT2D eigenvalue weighted by Gasteiger charge is -2.30. The van der Waals surface area contributed by atoms with Gasteiger partial charge in [-0.05, 0) is 73.3 Å². The van der Waals surface area contributed by atoms with Gasteiger partial charge in [0.05, 0.1) is 19.6 Å². The minimum Gasteiger partial charge on any atom is -0.493 e. The zero-order chi connectivity index (χ0) is 30.5. The van der Waals surface area contributed by atoms with Crippen LogP contribution in [-0.2, 0) is 27.4 Å². The maximum atomic E-state index is 14.9. The van der Waals surface area contributed by atoms with Crippen LogP contribution < -0.4 is 10.1 Å². The maximum absolute atomic E-state index is 14.9. The van der Waals surface area contributed by atoms with Gasteiger partial charge in [-0.2, -0.15) is 0 Å². The van der Waals surface area contributed by atoms with E-state index in [1.165, 1.54) is 24.3 Å². The van der Waals surface area contributed by atoms with Crippen LogP contribution >= 0.6 is 0 Å². The second-order valence-corrected chi connectivity index (χ2v) is 11.1. The van der Waals surface area contributed by atoms with Gasteiger partial charge in [0.1, 0.15) is 22.9 Å². The van der Waals surface area contributed by atoms with Gasteiger partial charge in [0.15, 0.2) is 0 Å². The fourth-order valence-corrected chi connectivity index (χ4v) is 5.49. The number of rotatable bonds is 11. The fourth-order valence-electron chi connectivity index (χ4n) is 5.49. The Kier molecular flexibility index (Phi) is 9.35.